The first-order valence-corrected chi connectivity index (χ1v) is 8.79. The Bertz CT molecular complexity index is 709. The molecule has 0 bridgehead atoms. The van der Waals surface area contributed by atoms with Gasteiger partial charge in [0.2, 0.25) is 0 Å². The molecule has 25 heavy (non-hydrogen) atoms. The van der Waals surface area contributed by atoms with Crippen molar-refractivity contribution in [3.05, 3.63) is 47.5 Å². The highest BCUT2D eigenvalue weighted by Gasteiger charge is 2.25. The predicted molar refractivity (Wildman–Crippen MR) is 92.7 cm³/mol. The zero-order valence-electron chi connectivity index (χ0n) is 14.7. The number of aromatic nitrogens is 3. The lowest BCUT2D eigenvalue weighted by molar-refractivity contribution is 0.0696. The summed E-state index contributed by atoms with van der Waals surface area (Å²) in [5.41, 5.74) is 1.25. The van der Waals surface area contributed by atoms with E-state index in [0.29, 0.717) is 18.3 Å². The number of carbonyl (C=O) groups excluding carboxylic acids is 1. The maximum Gasteiger partial charge on any atom is 0.276 e. The molecule has 0 radical (unpaired) electrons. The molecule has 1 atom stereocenters. The highest BCUT2D eigenvalue weighted by Crippen LogP contribution is 2.23. The first kappa shape index (κ1) is 17.5. The van der Waals surface area contributed by atoms with Gasteiger partial charge < -0.3 is 10.2 Å². The van der Waals surface area contributed by atoms with Crippen molar-refractivity contribution in [1.82, 2.24) is 25.2 Å². The summed E-state index contributed by atoms with van der Waals surface area (Å²) in [4.78, 5) is 14.6. The summed E-state index contributed by atoms with van der Waals surface area (Å²) in [7, 11) is 0. The molecule has 0 saturated carbocycles. The number of benzene rings is 1. The van der Waals surface area contributed by atoms with Crippen molar-refractivity contribution in [3.63, 3.8) is 0 Å². The average Bonchev–Trinajstić information content (AvgIpc) is 3.13. The minimum Gasteiger partial charge on any atom is -0.331 e. The van der Waals surface area contributed by atoms with Crippen molar-refractivity contribution >= 4 is 5.91 Å². The number of hydrogen-bond donors (Lipinski definition) is 1. The van der Waals surface area contributed by atoms with Gasteiger partial charge in [-0.05, 0) is 57.5 Å². The van der Waals surface area contributed by atoms with Crippen LogP contribution in [0.15, 0.2) is 30.5 Å². The fourth-order valence-electron chi connectivity index (χ4n) is 3.29. The van der Waals surface area contributed by atoms with Crippen molar-refractivity contribution in [2.45, 2.75) is 38.8 Å². The van der Waals surface area contributed by atoms with E-state index >= 15 is 0 Å². The number of hydrogen-bond acceptors (Lipinski definition) is 4. The van der Waals surface area contributed by atoms with Gasteiger partial charge in [0, 0.05) is 6.54 Å². The molecule has 2 heterocycles. The fourth-order valence-corrected chi connectivity index (χ4v) is 3.29. The molecule has 134 valence electrons. The summed E-state index contributed by atoms with van der Waals surface area (Å²) >= 11 is 0. The molecule has 0 aliphatic carbocycles. The van der Waals surface area contributed by atoms with Gasteiger partial charge in [-0.25, -0.2) is 9.07 Å². The van der Waals surface area contributed by atoms with E-state index in [1.54, 1.807) is 23.2 Å². The third-order valence-corrected chi connectivity index (χ3v) is 4.83. The van der Waals surface area contributed by atoms with Gasteiger partial charge in [-0.1, -0.05) is 17.3 Å². The van der Waals surface area contributed by atoms with Gasteiger partial charge in [0.05, 0.1) is 18.3 Å². The predicted octanol–water partition coefficient (Wildman–Crippen LogP) is 2.57. The lowest BCUT2D eigenvalue weighted by Gasteiger charge is -2.27. The lowest BCUT2D eigenvalue weighted by atomic mass is 10.1. The SMILES string of the molecule is CCN(C(=O)c1cn(C2CCNCC2)nn1)C(C)c1ccc(F)cc1. The molecular weight excluding hydrogens is 321 g/mol. The third-order valence-electron chi connectivity index (χ3n) is 4.83. The van der Waals surface area contributed by atoms with E-state index in [0.717, 1.165) is 31.5 Å². The van der Waals surface area contributed by atoms with Gasteiger partial charge in [0.25, 0.3) is 5.91 Å². The minimum absolute atomic E-state index is 0.153. The molecule has 6 nitrogen and oxygen atoms in total. The number of carbonyl (C=O) groups is 1. The molecular formula is C18H24FN5O. The van der Waals surface area contributed by atoms with E-state index < -0.39 is 0 Å². The third kappa shape index (κ3) is 3.87. The quantitative estimate of drug-likeness (QED) is 0.905. The van der Waals surface area contributed by atoms with Crippen LogP contribution in [0.5, 0.6) is 0 Å². The smallest absolute Gasteiger partial charge is 0.276 e. The van der Waals surface area contributed by atoms with Crippen molar-refractivity contribution in [2.75, 3.05) is 19.6 Å². The number of piperidine rings is 1. The van der Waals surface area contributed by atoms with Crippen LogP contribution in [0, 0.1) is 5.82 Å². The van der Waals surface area contributed by atoms with Crippen LogP contribution in [0.1, 0.15) is 54.8 Å². The molecule has 1 amide bonds. The summed E-state index contributed by atoms with van der Waals surface area (Å²) in [5.74, 6) is -0.435. The average molecular weight is 345 g/mol. The van der Waals surface area contributed by atoms with E-state index in [2.05, 4.69) is 15.6 Å². The van der Waals surface area contributed by atoms with Crippen LogP contribution in [0.25, 0.3) is 0 Å². The zero-order chi connectivity index (χ0) is 17.8. The number of nitrogens with zero attached hydrogens (tertiary/aromatic N) is 4. The summed E-state index contributed by atoms with van der Waals surface area (Å²) in [5, 5.41) is 11.6. The second-order valence-electron chi connectivity index (χ2n) is 6.38. The zero-order valence-corrected chi connectivity index (χ0v) is 14.7. The Kier molecular flexibility index (Phi) is 5.43. The maximum atomic E-state index is 13.1. The van der Waals surface area contributed by atoms with Crippen molar-refractivity contribution in [3.8, 4) is 0 Å². The fraction of sp³-hybridized carbons (Fsp3) is 0.500. The van der Waals surface area contributed by atoms with Gasteiger partial charge in [-0.15, -0.1) is 5.10 Å². The van der Waals surface area contributed by atoms with Crippen LogP contribution in [0.2, 0.25) is 0 Å². The number of rotatable bonds is 5. The van der Waals surface area contributed by atoms with Gasteiger partial charge in [-0.2, -0.15) is 0 Å². The topological polar surface area (TPSA) is 63.1 Å². The first-order chi connectivity index (χ1) is 12.1. The normalized spacial score (nSPS) is 16.6. The Hall–Kier alpha value is -2.28. The van der Waals surface area contributed by atoms with Gasteiger partial charge >= 0.3 is 0 Å². The number of amides is 1. The van der Waals surface area contributed by atoms with Crippen molar-refractivity contribution < 1.29 is 9.18 Å². The number of nitrogens with one attached hydrogen (secondary N) is 1. The van der Waals surface area contributed by atoms with E-state index in [4.69, 9.17) is 0 Å². The Morgan fingerprint density at radius 3 is 2.68 bits per heavy atom. The molecule has 1 N–H and O–H groups in total. The monoisotopic (exact) mass is 345 g/mol. The van der Waals surface area contributed by atoms with E-state index in [9.17, 15) is 9.18 Å². The molecule has 7 heteroatoms. The van der Waals surface area contributed by atoms with Crippen LogP contribution in [0.3, 0.4) is 0 Å². The Labute approximate surface area is 147 Å². The molecule has 1 saturated heterocycles. The van der Waals surface area contributed by atoms with Crippen LogP contribution in [-0.4, -0.2) is 45.4 Å². The van der Waals surface area contributed by atoms with Crippen LogP contribution >= 0.6 is 0 Å². The van der Waals surface area contributed by atoms with Gasteiger partial charge in [-0.3, -0.25) is 4.79 Å². The molecule has 1 aliphatic heterocycles. The minimum atomic E-state index is -0.282. The first-order valence-electron chi connectivity index (χ1n) is 8.79. The van der Waals surface area contributed by atoms with Gasteiger partial charge in [0.15, 0.2) is 5.69 Å². The Morgan fingerprint density at radius 2 is 2.04 bits per heavy atom. The van der Waals surface area contributed by atoms with Crippen LogP contribution in [0.4, 0.5) is 4.39 Å². The second-order valence-corrected chi connectivity index (χ2v) is 6.38. The van der Waals surface area contributed by atoms with E-state index in [-0.39, 0.29) is 17.8 Å². The molecule has 2 aromatic rings. The van der Waals surface area contributed by atoms with Gasteiger partial charge in [0.1, 0.15) is 5.82 Å². The molecule has 1 unspecified atom stereocenters. The number of halogens is 1. The largest absolute Gasteiger partial charge is 0.331 e. The Morgan fingerprint density at radius 1 is 1.36 bits per heavy atom. The highest BCUT2D eigenvalue weighted by atomic mass is 19.1. The molecule has 3 rings (SSSR count). The second kappa shape index (κ2) is 7.74. The molecule has 0 spiro atoms. The Balaban J connectivity index is 1.75. The molecule has 1 aromatic carbocycles. The molecule has 1 fully saturated rings. The highest BCUT2D eigenvalue weighted by molar-refractivity contribution is 5.92. The standard InChI is InChI=1S/C18H24FN5O/c1-3-23(13(2)14-4-6-15(19)7-5-14)18(25)17-12-24(22-21-17)16-8-10-20-11-9-16/h4-7,12-13,16,20H,3,8-11H2,1-2H3. The van der Waals surface area contributed by atoms with Crippen LogP contribution in [-0.2, 0) is 0 Å². The summed E-state index contributed by atoms with van der Waals surface area (Å²) < 4.78 is 14.9. The maximum absolute atomic E-state index is 13.1. The lowest BCUT2D eigenvalue weighted by Crippen LogP contribution is -2.33. The summed E-state index contributed by atoms with van der Waals surface area (Å²) in [6, 6.07) is 6.38. The molecule has 1 aliphatic rings. The molecule has 1 aromatic heterocycles. The van der Waals surface area contributed by atoms with E-state index in [1.165, 1.54) is 12.1 Å². The summed E-state index contributed by atoms with van der Waals surface area (Å²) in [6.07, 6.45) is 3.72. The van der Waals surface area contributed by atoms with Crippen molar-refractivity contribution in [2.24, 2.45) is 0 Å². The van der Waals surface area contributed by atoms with E-state index in [1.807, 2.05) is 18.5 Å². The summed E-state index contributed by atoms with van der Waals surface area (Å²) in [6.45, 7) is 6.31. The van der Waals surface area contributed by atoms with Crippen molar-refractivity contribution in [1.29, 1.82) is 0 Å². The van der Waals surface area contributed by atoms with Crippen LogP contribution < -0.4 is 5.32 Å².